The van der Waals surface area contributed by atoms with Crippen LogP contribution in [0.4, 0.5) is 16.3 Å². The zero-order valence-electron chi connectivity index (χ0n) is 22.0. The zero-order valence-corrected chi connectivity index (χ0v) is 24.4. The van der Waals surface area contributed by atoms with Crippen molar-refractivity contribution in [3.05, 3.63) is 70.0 Å². The van der Waals surface area contributed by atoms with Crippen molar-refractivity contribution < 1.29 is 17.9 Å². The van der Waals surface area contributed by atoms with Crippen molar-refractivity contribution in [3.63, 3.8) is 0 Å². The monoisotopic (exact) mass is 576 g/mol. The maximum absolute atomic E-state index is 13.5. The number of rotatable bonds is 8. The van der Waals surface area contributed by atoms with Gasteiger partial charge in [-0.15, -0.1) is 15.6 Å². The molecule has 4 rings (SSSR count). The molecule has 1 aliphatic rings. The van der Waals surface area contributed by atoms with Gasteiger partial charge in [-0.3, -0.25) is 4.90 Å². The number of carbonyl (C=O) groups excluding carboxylic acids is 1. The van der Waals surface area contributed by atoms with Crippen molar-refractivity contribution in [2.45, 2.75) is 51.2 Å². The summed E-state index contributed by atoms with van der Waals surface area (Å²) in [4.78, 5) is 19.2. The number of carbonyl (C=O) groups is 1. The van der Waals surface area contributed by atoms with E-state index in [9.17, 15) is 13.2 Å². The Labute approximate surface area is 233 Å². The number of benzene rings is 2. The number of anilines is 2. The third-order valence-corrected chi connectivity index (χ3v) is 8.81. The largest absolute Gasteiger partial charge is 0.443 e. The van der Waals surface area contributed by atoms with E-state index in [4.69, 9.17) is 16.3 Å². The van der Waals surface area contributed by atoms with E-state index in [-0.39, 0.29) is 21.2 Å². The molecule has 0 bridgehead atoms. The lowest BCUT2D eigenvalue weighted by atomic mass is 9.90. The highest BCUT2D eigenvalue weighted by Crippen LogP contribution is 2.34. The molecule has 3 aromatic rings. The van der Waals surface area contributed by atoms with Gasteiger partial charge < -0.3 is 10.1 Å². The molecule has 0 unspecified atom stereocenters. The Morgan fingerprint density at radius 1 is 1.24 bits per heavy atom. The lowest BCUT2D eigenvalue weighted by Crippen LogP contribution is -2.41. The summed E-state index contributed by atoms with van der Waals surface area (Å²) < 4.78 is 33.0. The molecule has 0 spiro atoms. The molecule has 11 heteroatoms. The van der Waals surface area contributed by atoms with Gasteiger partial charge in [0.15, 0.2) is 5.82 Å². The maximum atomic E-state index is 13.5. The van der Waals surface area contributed by atoms with Crippen LogP contribution in [0.5, 0.6) is 0 Å². The minimum absolute atomic E-state index is 0.0308. The lowest BCUT2D eigenvalue weighted by Gasteiger charge is -2.27. The van der Waals surface area contributed by atoms with Crippen LogP contribution >= 0.6 is 22.9 Å². The first-order valence-corrected chi connectivity index (χ1v) is 15.1. The minimum atomic E-state index is -4.33. The third kappa shape index (κ3) is 6.85. The molecule has 1 amide bonds. The number of hydrogen-bond acceptors (Lipinski definition) is 8. The van der Waals surface area contributed by atoms with Crippen LogP contribution in [0.25, 0.3) is 0 Å². The fourth-order valence-electron chi connectivity index (χ4n) is 4.39. The van der Waals surface area contributed by atoms with Crippen LogP contribution in [0.1, 0.15) is 39.7 Å². The minimum Gasteiger partial charge on any atom is -0.443 e. The molecular formula is C27H33ClN4O4S2. The van der Waals surface area contributed by atoms with Crippen LogP contribution in [0.15, 0.2) is 64.3 Å². The van der Waals surface area contributed by atoms with Gasteiger partial charge in [-0.2, -0.15) is 0 Å². The van der Waals surface area contributed by atoms with Gasteiger partial charge in [0.25, 0.3) is 10.0 Å². The second-order valence-corrected chi connectivity index (χ2v) is 13.8. The maximum Gasteiger partial charge on any atom is 0.430 e. The van der Waals surface area contributed by atoms with Gasteiger partial charge in [-0.05, 0) is 62.9 Å². The van der Waals surface area contributed by atoms with Gasteiger partial charge in [-0.25, -0.2) is 18.2 Å². The smallest absolute Gasteiger partial charge is 0.430 e. The average molecular weight is 577 g/mol. The fourth-order valence-corrected chi connectivity index (χ4v) is 6.58. The van der Waals surface area contributed by atoms with Crippen molar-refractivity contribution in [2.24, 2.45) is 5.41 Å². The van der Waals surface area contributed by atoms with E-state index in [1.807, 2.05) is 6.07 Å². The van der Waals surface area contributed by atoms with E-state index in [0.717, 1.165) is 26.1 Å². The molecular weight excluding hydrogens is 544 g/mol. The first-order valence-electron chi connectivity index (χ1n) is 12.3. The quantitative estimate of drug-likeness (QED) is 0.339. The number of amides is 1. The summed E-state index contributed by atoms with van der Waals surface area (Å²) in [7, 11) is -4.33. The van der Waals surface area contributed by atoms with Crippen LogP contribution in [0.2, 0.25) is 5.02 Å². The highest BCUT2D eigenvalue weighted by Gasteiger charge is 2.37. The molecule has 204 valence electrons. The third-order valence-electron chi connectivity index (χ3n) is 6.26. The Morgan fingerprint density at radius 3 is 2.61 bits per heavy atom. The SMILES string of the molecule is CC(C)(C)OC(=O)N(c1cscn1)S(=O)(=O)c1ccc(NC[C@]2(C)CCN(Cc3ccccc3)C2)c(Cl)c1. The Kier molecular flexibility index (Phi) is 8.37. The Bertz CT molecular complexity index is 1360. The fraction of sp³-hybridized carbons (Fsp3) is 0.407. The zero-order chi connectivity index (χ0) is 27.6. The number of likely N-dealkylation sites (tertiary alicyclic amines) is 1. The average Bonchev–Trinajstić information content (AvgIpc) is 3.48. The summed E-state index contributed by atoms with van der Waals surface area (Å²) in [6, 6.07) is 14.8. The molecule has 1 fully saturated rings. The summed E-state index contributed by atoms with van der Waals surface area (Å²) in [5.41, 5.74) is 2.53. The number of aromatic nitrogens is 1. The summed E-state index contributed by atoms with van der Waals surface area (Å²) >= 11 is 7.71. The first-order chi connectivity index (χ1) is 17.9. The van der Waals surface area contributed by atoms with Crippen molar-refractivity contribution in [2.75, 3.05) is 29.3 Å². The van der Waals surface area contributed by atoms with Crippen LogP contribution in [0, 0.1) is 5.41 Å². The molecule has 8 nitrogen and oxygen atoms in total. The molecule has 2 heterocycles. The van der Waals surface area contributed by atoms with Crippen molar-refractivity contribution in [1.82, 2.24) is 9.88 Å². The van der Waals surface area contributed by atoms with Gasteiger partial charge in [-0.1, -0.05) is 48.9 Å². The van der Waals surface area contributed by atoms with Crippen LogP contribution in [0.3, 0.4) is 0 Å². The Balaban J connectivity index is 1.46. The number of nitrogens with zero attached hydrogens (tertiary/aromatic N) is 3. The van der Waals surface area contributed by atoms with Crippen LogP contribution in [-0.4, -0.2) is 49.6 Å². The Hall–Kier alpha value is -2.66. The van der Waals surface area contributed by atoms with Crippen molar-refractivity contribution in [3.8, 4) is 0 Å². The van der Waals surface area contributed by atoms with E-state index in [2.05, 4.69) is 46.4 Å². The molecule has 0 radical (unpaired) electrons. The second kappa shape index (κ2) is 11.2. The molecule has 2 aromatic carbocycles. The highest BCUT2D eigenvalue weighted by atomic mass is 35.5. The number of sulfonamides is 1. The normalized spacial score (nSPS) is 18.3. The summed E-state index contributed by atoms with van der Waals surface area (Å²) in [6.07, 6.45) is 0.00557. The van der Waals surface area contributed by atoms with Gasteiger partial charge in [0.05, 0.1) is 21.1 Å². The van der Waals surface area contributed by atoms with Crippen molar-refractivity contribution in [1.29, 1.82) is 0 Å². The number of hydrogen-bond donors (Lipinski definition) is 1. The molecule has 1 aliphatic heterocycles. The molecule has 38 heavy (non-hydrogen) atoms. The van der Waals surface area contributed by atoms with Gasteiger partial charge >= 0.3 is 6.09 Å². The van der Waals surface area contributed by atoms with Crippen LogP contribution in [-0.2, 0) is 21.3 Å². The molecule has 1 atom stereocenters. The molecule has 1 aromatic heterocycles. The lowest BCUT2D eigenvalue weighted by molar-refractivity contribution is 0.0608. The number of ether oxygens (including phenoxy) is 1. The number of halogens is 1. The van der Waals surface area contributed by atoms with Gasteiger partial charge in [0.1, 0.15) is 5.60 Å². The number of nitrogens with one attached hydrogen (secondary N) is 1. The van der Waals surface area contributed by atoms with E-state index >= 15 is 0 Å². The van der Waals surface area contributed by atoms with E-state index in [0.29, 0.717) is 16.5 Å². The number of thiazole rings is 1. The summed E-state index contributed by atoms with van der Waals surface area (Å²) in [5.74, 6) is -0.0308. The highest BCUT2D eigenvalue weighted by molar-refractivity contribution is 7.93. The first kappa shape index (κ1) is 28.4. The van der Waals surface area contributed by atoms with Gasteiger partial charge in [0, 0.05) is 25.0 Å². The van der Waals surface area contributed by atoms with E-state index < -0.39 is 21.7 Å². The van der Waals surface area contributed by atoms with Crippen molar-refractivity contribution >= 4 is 50.6 Å². The predicted octanol–water partition coefficient (Wildman–Crippen LogP) is 6.25. The summed E-state index contributed by atoms with van der Waals surface area (Å²) in [5, 5.41) is 5.12. The van der Waals surface area contributed by atoms with E-state index in [1.54, 1.807) is 26.8 Å². The molecule has 0 aliphatic carbocycles. The Morgan fingerprint density at radius 2 is 1.97 bits per heavy atom. The summed E-state index contributed by atoms with van der Waals surface area (Å²) in [6.45, 7) is 10.8. The predicted molar refractivity (Wildman–Crippen MR) is 152 cm³/mol. The molecule has 1 saturated heterocycles. The topological polar surface area (TPSA) is 91.8 Å². The van der Waals surface area contributed by atoms with Crippen LogP contribution < -0.4 is 9.62 Å². The van der Waals surface area contributed by atoms with E-state index in [1.165, 1.54) is 39.9 Å². The molecule has 0 saturated carbocycles. The van der Waals surface area contributed by atoms with Gasteiger partial charge in [0.2, 0.25) is 0 Å². The standard InChI is InChI=1S/C27H33ClN4O4S2/c1-26(2,3)36-25(33)32(24-16-37-19-30-24)38(34,35)21-10-11-23(22(28)14-21)29-17-27(4)12-13-31(18-27)15-20-8-6-5-7-9-20/h5-11,14,16,19,29H,12-13,15,17-18H2,1-4H3/t27-/m0/s1. The molecule has 1 N–H and O–H groups in total. The second-order valence-electron chi connectivity index (χ2n) is 10.8.